The second-order valence-corrected chi connectivity index (χ2v) is 5.22. The number of amides is 1. The molecule has 0 bridgehead atoms. The van der Waals surface area contributed by atoms with Crippen molar-refractivity contribution < 1.29 is 14.7 Å². The molecule has 0 heterocycles. The molecule has 1 amide bonds. The van der Waals surface area contributed by atoms with Crippen LogP contribution in [0.15, 0.2) is 36.4 Å². The molecule has 1 aromatic carbocycles. The SMILES string of the molecule is Cc1ccc(CCC(=O)NC2C=CC(C(=O)O)C2)cc1. The summed E-state index contributed by atoms with van der Waals surface area (Å²) in [6.45, 7) is 2.03. The molecule has 2 N–H and O–H groups in total. The number of rotatable bonds is 5. The molecule has 2 unspecified atom stereocenters. The van der Waals surface area contributed by atoms with Crippen molar-refractivity contribution in [3.63, 3.8) is 0 Å². The van der Waals surface area contributed by atoms with Crippen LogP contribution in [0.2, 0.25) is 0 Å². The van der Waals surface area contributed by atoms with Gasteiger partial charge in [-0.1, -0.05) is 42.0 Å². The molecule has 4 nitrogen and oxygen atoms in total. The third kappa shape index (κ3) is 3.95. The average Bonchev–Trinajstić information content (AvgIpc) is 2.87. The second-order valence-electron chi connectivity index (χ2n) is 5.22. The molecule has 0 saturated carbocycles. The zero-order valence-electron chi connectivity index (χ0n) is 11.5. The van der Waals surface area contributed by atoms with E-state index in [1.807, 2.05) is 31.2 Å². The van der Waals surface area contributed by atoms with E-state index in [-0.39, 0.29) is 11.9 Å². The summed E-state index contributed by atoms with van der Waals surface area (Å²) in [7, 11) is 0. The first-order chi connectivity index (χ1) is 9.54. The Balaban J connectivity index is 1.75. The lowest BCUT2D eigenvalue weighted by Crippen LogP contribution is -2.33. The number of aryl methyl sites for hydroxylation is 2. The number of aliphatic carboxylic acids is 1. The van der Waals surface area contributed by atoms with Crippen LogP contribution in [-0.4, -0.2) is 23.0 Å². The van der Waals surface area contributed by atoms with E-state index in [1.165, 1.54) is 5.56 Å². The predicted octanol–water partition coefficient (Wildman–Crippen LogP) is 2.07. The van der Waals surface area contributed by atoms with Crippen LogP contribution >= 0.6 is 0 Å². The molecule has 106 valence electrons. The van der Waals surface area contributed by atoms with Crippen LogP contribution in [0.25, 0.3) is 0 Å². The molecule has 0 aromatic heterocycles. The largest absolute Gasteiger partial charge is 0.481 e. The molecule has 0 spiro atoms. The fraction of sp³-hybridized carbons (Fsp3) is 0.375. The zero-order valence-corrected chi connectivity index (χ0v) is 11.5. The molecule has 1 aliphatic rings. The van der Waals surface area contributed by atoms with Gasteiger partial charge in [0.1, 0.15) is 0 Å². The topological polar surface area (TPSA) is 66.4 Å². The highest BCUT2D eigenvalue weighted by Gasteiger charge is 2.25. The maximum atomic E-state index is 11.8. The molecule has 0 radical (unpaired) electrons. The number of hydrogen-bond acceptors (Lipinski definition) is 2. The summed E-state index contributed by atoms with van der Waals surface area (Å²) in [5, 5.41) is 11.7. The number of nitrogens with one attached hydrogen (secondary N) is 1. The Hall–Kier alpha value is -2.10. The number of benzene rings is 1. The van der Waals surface area contributed by atoms with Crippen molar-refractivity contribution in [3.05, 3.63) is 47.5 Å². The fourth-order valence-corrected chi connectivity index (χ4v) is 2.28. The van der Waals surface area contributed by atoms with Crippen LogP contribution in [0.3, 0.4) is 0 Å². The van der Waals surface area contributed by atoms with Crippen molar-refractivity contribution in [3.8, 4) is 0 Å². The fourth-order valence-electron chi connectivity index (χ4n) is 2.28. The van der Waals surface area contributed by atoms with Crippen molar-refractivity contribution in [2.45, 2.75) is 32.2 Å². The lowest BCUT2D eigenvalue weighted by molar-refractivity contribution is -0.140. The number of carbonyl (C=O) groups excluding carboxylic acids is 1. The highest BCUT2D eigenvalue weighted by atomic mass is 16.4. The van der Waals surface area contributed by atoms with Gasteiger partial charge in [0.05, 0.1) is 5.92 Å². The zero-order chi connectivity index (χ0) is 14.5. The summed E-state index contributed by atoms with van der Waals surface area (Å²) in [6, 6.07) is 7.97. The summed E-state index contributed by atoms with van der Waals surface area (Å²) in [5.74, 6) is -1.35. The maximum Gasteiger partial charge on any atom is 0.310 e. The van der Waals surface area contributed by atoms with E-state index in [1.54, 1.807) is 12.2 Å². The quantitative estimate of drug-likeness (QED) is 0.807. The first kappa shape index (κ1) is 14.3. The van der Waals surface area contributed by atoms with Gasteiger partial charge in [0.25, 0.3) is 0 Å². The number of hydrogen-bond donors (Lipinski definition) is 2. The molecule has 0 saturated heterocycles. The lowest BCUT2D eigenvalue weighted by atomic mass is 10.1. The van der Waals surface area contributed by atoms with E-state index in [9.17, 15) is 9.59 Å². The van der Waals surface area contributed by atoms with Crippen LogP contribution in [0.5, 0.6) is 0 Å². The van der Waals surface area contributed by atoms with Gasteiger partial charge in [-0.25, -0.2) is 0 Å². The summed E-state index contributed by atoms with van der Waals surface area (Å²) < 4.78 is 0. The molecule has 4 heteroatoms. The van der Waals surface area contributed by atoms with Crippen LogP contribution in [0.4, 0.5) is 0 Å². The van der Waals surface area contributed by atoms with E-state index in [0.29, 0.717) is 19.3 Å². The summed E-state index contributed by atoms with van der Waals surface area (Å²) >= 11 is 0. The molecule has 0 aliphatic heterocycles. The Bertz CT molecular complexity index is 519. The van der Waals surface area contributed by atoms with Crippen molar-refractivity contribution in [2.24, 2.45) is 5.92 Å². The van der Waals surface area contributed by atoms with Crippen LogP contribution in [-0.2, 0) is 16.0 Å². The monoisotopic (exact) mass is 273 g/mol. The summed E-state index contributed by atoms with van der Waals surface area (Å²) in [5.41, 5.74) is 2.34. The number of carboxylic acid groups (broad SMARTS) is 1. The van der Waals surface area contributed by atoms with Gasteiger partial charge in [-0.05, 0) is 25.3 Å². The van der Waals surface area contributed by atoms with E-state index in [4.69, 9.17) is 5.11 Å². The highest BCUT2D eigenvalue weighted by molar-refractivity contribution is 5.78. The van der Waals surface area contributed by atoms with Gasteiger partial charge in [0.15, 0.2) is 0 Å². The van der Waals surface area contributed by atoms with Gasteiger partial charge in [-0.2, -0.15) is 0 Å². The molecule has 2 atom stereocenters. The molecule has 1 aromatic rings. The molecule has 0 fully saturated rings. The molecular weight excluding hydrogens is 254 g/mol. The molecule has 20 heavy (non-hydrogen) atoms. The number of carboxylic acids is 1. The standard InChI is InChI=1S/C16H19NO3/c1-11-2-4-12(5-3-11)6-9-15(18)17-14-8-7-13(10-14)16(19)20/h2-5,7-8,13-14H,6,9-10H2,1H3,(H,17,18)(H,19,20). The van der Waals surface area contributed by atoms with Crippen LogP contribution in [0.1, 0.15) is 24.0 Å². The van der Waals surface area contributed by atoms with Gasteiger partial charge in [-0.15, -0.1) is 0 Å². The lowest BCUT2D eigenvalue weighted by Gasteiger charge is -2.12. The molecule has 2 rings (SSSR count). The Kier molecular flexibility index (Phi) is 4.56. The smallest absolute Gasteiger partial charge is 0.310 e. The third-order valence-corrected chi connectivity index (χ3v) is 3.51. The van der Waals surface area contributed by atoms with Crippen molar-refractivity contribution in [1.29, 1.82) is 0 Å². The first-order valence-corrected chi connectivity index (χ1v) is 6.80. The van der Waals surface area contributed by atoms with Crippen LogP contribution < -0.4 is 5.32 Å². The van der Waals surface area contributed by atoms with E-state index in [2.05, 4.69) is 5.32 Å². The van der Waals surface area contributed by atoms with E-state index < -0.39 is 11.9 Å². The average molecular weight is 273 g/mol. The summed E-state index contributed by atoms with van der Waals surface area (Å²) in [6.07, 6.45) is 4.98. The van der Waals surface area contributed by atoms with E-state index in [0.717, 1.165) is 5.56 Å². The normalized spacial score (nSPS) is 20.9. The van der Waals surface area contributed by atoms with Gasteiger partial charge in [0, 0.05) is 12.5 Å². The minimum atomic E-state index is -0.836. The van der Waals surface area contributed by atoms with Gasteiger partial charge in [0.2, 0.25) is 5.91 Å². The maximum absolute atomic E-state index is 11.8. The highest BCUT2D eigenvalue weighted by Crippen LogP contribution is 2.18. The summed E-state index contributed by atoms with van der Waals surface area (Å²) in [4.78, 5) is 22.6. The first-order valence-electron chi connectivity index (χ1n) is 6.80. The minimum absolute atomic E-state index is 0.0359. The molecule has 1 aliphatic carbocycles. The van der Waals surface area contributed by atoms with Gasteiger partial charge < -0.3 is 10.4 Å². The number of carbonyl (C=O) groups is 2. The van der Waals surface area contributed by atoms with Gasteiger partial charge in [-0.3, -0.25) is 9.59 Å². The Morgan fingerprint density at radius 3 is 2.55 bits per heavy atom. The van der Waals surface area contributed by atoms with E-state index >= 15 is 0 Å². The Labute approximate surface area is 118 Å². The van der Waals surface area contributed by atoms with Gasteiger partial charge >= 0.3 is 5.97 Å². The van der Waals surface area contributed by atoms with Crippen LogP contribution in [0, 0.1) is 12.8 Å². The second kappa shape index (κ2) is 6.37. The van der Waals surface area contributed by atoms with Crippen molar-refractivity contribution in [1.82, 2.24) is 5.32 Å². The predicted molar refractivity (Wildman–Crippen MR) is 76.3 cm³/mol. The Morgan fingerprint density at radius 1 is 1.25 bits per heavy atom. The Morgan fingerprint density at radius 2 is 1.95 bits per heavy atom. The molecular formula is C16H19NO3. The van der Waals surface area contributed by atoms with Crippen molar-refractivity contribution >= 4 is 11.9 Å². The third-order valence-electron chi connectivity index (χ3n) is 3.51. The minimum Gasteiger partial charge on any atom is -0.481 e. The van der Waals surface area contributed by atoms with Crippen molar-refractivity contribution in [2.75, 3.05) is 0 Å².